The number of nitro groups is 1. The maximum absolute atomic E-state index is 11.0. The van der Waals surface area contributed by atoms with E-state index in [2.05, 4.69) is 5.32 Å². The summed E-state index contributed by atoms with van der Waals surface area (Å²) in [5.41, 5.74) is -0.585. The third kappa shape index (κ3) is 3.29. The van der Waals surface area contributed by atoms with Gasteiger partial charge in [0.25, 0.3) is 5.69 Å². The summed E-state index contributed by atoms with van der Waals surface area (Å²) in [5.74, 6) is -1.14. The molecular weight excluding hydrogens is 280 g/mol. The highest BCUT2D eigenvalue weighted by molar-refractivity contribution is 5.90. The molecule has 1 heterocycles. The number of anilines is 1. The van der Waals surface area contributed by atoms with E-state index in [0.29, 0.717) is 26.2 Å². The Kier molecular flexibility index (Phi) is 4.39. The Balaban J connectivity index is 2.22. The summed E-state index contributed by atoms with van der Waals surface area (Å²) in [4.78, 5) is 21.4. The summed E-state index contributed by atoms with van der Waals surface area (Å²) in [7, 11) is 1.55. The molecule has 1 aliphatic heterocycles. The minimum Gasteiger partial charge on any atom is -0.478 e. The van der Waals surface area contributed by atoms with Crippen molar-refractivity contribution in [2.45, 2.75) is 12.0 Å². The van der Waals surface area contributed by atoms with Crippen LogP contribution < -0.4 is 5.32 Å². The standard InChI is InChI=1S/C13H16N2O6/c1-20-13(4-5-21-8-13)7-14-10-6-9(12(16)17)2-3-11(10)15(18)19/h2-3,6,14H,4-5,7-8H2,1H3,(H,16,17). The van der Waals surface area contributed by atoms with Gasteiger partial charge in [-0.2, -0.15) is 0 Å². The summed E-state index contributed by atoms with van der Waals surface area (Å²) >= 11 is 0. The molecule has 0 amide bonds. The van der Waals surface area contributed by atoms with Gasteiger partial charge in [-0.1, -0.05) is 0 Å². The summed E-state index contributed by atoms with van der Waals surface area (Å²) < 4.78 is 10.7. The van der Waals surface area contributed by atoms with Crippen LogP contribution in [-0.2, 0) is 9.47 Å². The Bertz CT molecular complexity index is 554. The van der Waals surface area contributed by atoms with E-state index in [1.54, 1.807) is 7.11 Å². The second-order valence-electron chi connectivity index (χ2n) is 4.84. The lowest BCUT2D eigenvalue weighted by Crippen LogP contribution is -2.39. The quantitative estimate of drug-likeness (QED) is 0.604. The third-order valence-corrected chi connectivity index (χ3v) is 3.54. The highest BCUT2D eigenvalue weighted by atomic mass is 16.6. The number of benzene rings is 1. The van der Waals surface area contributed by atoms with E-state index in [1.807, 2.05) is 0 Å². The lowest BCUT2D eigenvalue weighted by atomic mass is 10.0. The van der Waals surface area contributed by atoms with E-state index in [9.17, 15) is 14.9 Å². The highest BCUT2D eigenvalue weighted by Crippen LogP contribution is 2.28. The minimum absolute atomic E-state index is 0.0164. The Morgan fingerprint density at radius 1 is 1.62 bits per heavy atom. The number of nitro benzene ring substituents is 1. The molecule has 0 bridgehead atoms. The van der Waals surface area contributed by atoms with Crippen LogP contribution in [0.4, 0.5) is 11.4 Å². The van der Waals surface area contributed by atoms with Crippen LogP contribution in [0, 0.1) is 10.1 Å². The lowest BCUT2D eigenvalue weighted by molar-refractivity contribution is -0.384. The second kappa shape index (κ2) is 6.06. The van der Waals surface area contributed by atoms with E-state index in [1.165, 1.54) is 18.2 Å². The van der Waals surface area contributed by atoms with Gasteiger partial charge in [0.1, 0.15) is 11.3 Å². The molecule has 0 aromatic heterocycles. The van der Waals surface area contributed by atoms with Crippen LogP contribution >= 0.6 is 0 Å². The summed E-state index contributed by atoms with van der Waals surface area (Å²) in [5, 5.41) is 22.9. The molecule has 1 aliphatic rings. The van der Waals surface area contributed by atoms with Gasteiger partial charge in [-0.15, -0.1) is 0 Å². The number of aromatic carboxylic acids is 1. The largest absolute Gasteiger partial charge is 0.478 e. The second-order valence-corrected chi connectivity index (χ2v) is 4.84. The SMILES string of the molecule is COC1(CNc2cc(C(=O)O)ccc2[N+](=O)[O-])CCOC1. The van der Waals surface area contributed by atoms with Gasteiger partial charge in [0.05, 0.1) is 17.1 Å². The number of carboxylic acid groups (broad SMARTS) is 1. The van der Waals surface area contributed by atoms with Crippen molar-refractivity contribution in [1.29, 1.82) is 0 Å². The molecule has 8 heteroatoms. The topological polar surface area (TPSA) is 111 Å². The molecule has 0 radical (unpaired) electrons. The highest BCUT2D eigenvalue weighted by Gasteiger charge is 2.35. The number of nitrogens with zero attached hydrogens (tertiary/aromatic N) is 1. The molecule has 0 saturated carbocycles. The van der Waals surface area contributed by atoms with Gasteiger partial charge in [0.2, 0.25) is 0 Å². The first kappa shape index (κ1) is 15.2. The van der Waals surface area contributed by atoms with Gasteiger partial charge in [0.15, 0.2) is 0 Å². The third-order valence-electron chi connectivity index (χ3n) is 3.54. The first-order valence-electron chi connectivity index (χ1n) is 6.36. The van der Waals surface area contributed by atoms with Crippen molar-refractivity contribution in [3.05, 3.63) is 33.9 Å². The fraction of sp³-hybridized carbons (Fsp3) is 0.462. The molecule has 8 nitrogen and oxygen atoms in total. The Morgan fingerprint density at radius 2 is 2.38 bits per heavy atom. The summed E-state index contributed by atoms with van der Waals surface area (Å²) in [6.45, 7) is 1.25. The molecule has 1 fully saturated rings. The van der Waals surface area contributed by atoms with Crippen LogP contribution in [0.2, 0.25) is 0 Å². The van der Waals surface area contributed by atoms with Crippen molar-refractivity contribution in [1.82, 2.24) is 0 Å². The predicted molar refractivity (Wildman–Crippen MR) is 73.7 cm³/mol. The molecule has 0 aliphatic carbocycles. The van der Waals surface area contributed by atoms with Gasteiger partial charge in [-0.25, -0.2) is 4.79 Å². The van der Waals surface area contributed by atoms with Crippen LogP contribution in [0.25, 0.3) is 0 Å². The van der Waals surface area contributed by atoms with Gasteiger partial charge >= 0.3 is 5.97 Å². The normalized spacial score (nSPS) is 21.2. The van der Waals surface area contributed by atoms with Crippen LogP contribution in [0.3, 0.4) is 0 Å². The first-order chi connectivity index (χ1) is 9.97. The number of hydrogen-bond acceptors (Lipinski definition) is 6. The predicted octanol–water partition coefficient (Wildman–Crippen LogP) is 1.51. The fourth-order valence-electron chi connectivity index (χ4n) is 2.19. The monoisotopic (exact) mass is 296 g/mol. The molecule has 1 unspecified atom stereocenters. The van der Waals surface area contributed by atoms with E-state index in [0.717, 1.165) is 0 Å². The molecule has 21 heavy (non-hydrogen) atoms. The van der Waals surface area contributed by atoms with Crippen molar-refractivity contribution >= 4 is 17.3 Å². The van der Waals surface area contributed by atoms with Crippen LogP contribution in [0.5, 0.6) is 0 Å². The number of ether oxygens (including phenoxy) is 2. The zero-order valence-corrected chi connectivity index (χ0v) is 11.5. The maximum atomic E-state index is 11.0. The van der Waals surface area contributed by atoms with Crippen molar-refractivity contribution in [2.75, 3.05) is 32.2 Å². The van der Waals surface area contributed by atoms with E-state index < -0.39 is 16.5 Å². The molecule has 1 aromatic rings. The molecule has 1 atom stereocenters. The molecular formula is C13H16N2O6. The average molecular weight is 296 g/mol. The van der Waals surface area contributed by atoms with Crippen LogP contribution in [0.1, 0.15) is 16.8 Å². The average Bonchev–Trinajstić information content (AvgIpc) is 2.94. The van der Waals surface area contributed by atoms with Crippen molar-refractivity contribution < 1.29 is 24.3 Å². The molecule has 1 saturated heterocycles. The molecule has 0 spiro atoms. The van der Waals surface area contributed by atoms with Crippen LogP contribution in [0.15, 0.2) is 18.2 Å². The number of nitrogens with one attached hydrogen (secondary N) is 1. The number of carboxylic acids is 1. The van der Waals surface area contributed by atoms with Gasteiger partial charge in [-0.3, -0.25) is 10.1 Å². The molecule has 2 N–H and O–H groups in total. The Hall–Kier alpha value is -2.19. The number of rotatable bonds is 6. The summed E-state index contributed by atoms with van der Waals surface area (Å²) in [6, 6.07) is 3.63. The number of hydrogen-bond donors (Lipinski definition) is 2. The number of carbonyl (C=O) groups is 1. The molecule has 2 rings (SSSR count). The van der Waals surface area contributed by atoms with Crippen molar-refractivity contribution in [3.8, 4) is 0 Å². The van der Waals surface area contributed by atoms with Gasteiger partial charge in [0, 0.05) is 32.7 Å². The Labute approximate surface area is 120 Å². The zero-order chi connectivity index (χ0) is 15.5. The smallest absolute Gasteiger partial charge is 0.335 e. The molecule has 114 valence electrons. The summed E-state index contributed by atoms with van der Waals surface area (Å²) in [6.07, 6.45) is 0.670. The zero-order valence-electron chi connectivity index (χ0n) is 11.5. The van der Waals surface area contributed by atoms with E-state index >= 15 is 0 Å². The van der Waals surface area contributed by atoms with Crippen LogP contribution in [-0.4, -0.2) is 48.5 Å². The van der Waals surface area contributed by atoms with E-state index in [-0.39, 0.29) is 16.9 Å². The Morgan fingerprint density at radius 3 is 2.90 bits per heavy atom. The molecule has 1 aromatic carbocycles. The van der Waals surface area contributed by atoms with E-state index in [4.69, 9.17) is 14.6 Å². The first-order valence-corrected chi connectivity index (χ1v) is 6.36. The van der Waals surface area contributed by atoms with Crippen molar-refractivity contribution in [3.63, 3.8) is 0 Å². The number of methoxy groups -OCH3 is 1. The van der Waals surface area contributed by atoms with Gasteiger partial charge < -0.3 is 19.9 Å². The van der Waals surface area contributed by atoms with Crippen molar-refractivity contribution in [2.24, 2.45) is 0 Å². The maximum Gasteiger partial charge on any atom is 0.335 e. The fourth-order valence-corrected chi connectivity index (χ4v) is 2.19. The minimum atomic E-state index is -1.14. The van der Waals surface area contributed by atoms with Gasteiger partial charge in [-0.05, 0) is 12.1 Å². The lowest BCUT2D eigenvalue weighted by Gasteiger charge is -2.26.